The zero-order valence-corrected chi connectivity index (χ0v) is 11.1. The Kier molecular flexibility index (Phi) is 5.87. The highest BCUT2D eigenvalue weighted by atomic mass is 32.2. The summed E-state index contributed by atoms with van der Waals surface area (Å²) in [6.45, 7) is 5.34. The Hall–Kier alpha value is -0.520. The molecule has 2 N–H and O–H groups in total. The van der Waals surface area contributed by atoms with Crippen LogP contribution < -0.4 is 5.73 Å². The first kappa shape index (κ1) is 13.5. The van der Waals surface area contributed by atoms with Crippen LogP contribution in [0.2, 0.25) is 0 Å². The molecule has 0 bridgehead atoms. The molecule has 0 saturated heterocycles. The SMILES string of the molecule is CCOC(CN)CCSc1cc(C)nn1C. The molecule has 0 aliphatic carbocycles. The number of thioether (sulfide) groups is 1. The Balaban J connectivity index is 2.32. The second-order valence-electron chi connectivity index (χ2n) is 3.70. The van der Waals surface area contributed by atoms with Gasteiger partial charge in [-0.1, -0.05) is 0 Å². The van der Waals surface area contributed by atoms with Crippen LogP contribution in [0.1, 0.15) is 19.0 Å². The molecule has 0 radical (unpaired) electrons. The quantitative estimate of drug-likeness (QED) is 0.739. The smallest absolute Gasteiger partial charge is 0.0939 e. The van der Waals surface area contributed by atoms with Gasteiger partial charge >= 0.3 is 0 Å². The maximum absolute atomic E-state index is 5.62. The maximum Gasteiger partial charge on any atom is 0.0939 e. The van der Waals surface area contributed by atoms with E-state index in [4.69, 9.17) is 10.5 Å². The Morgan fingerprint density at radius 1 is 1.62 bits per heavy atom. The first-order chi connectivity index (χ1) is 7.67. The van der Waals surface area contributed by atoms with Crippen molar-refractivity contribution in [2.75, 3.05) is 18.9 Å². The molecule has 92 valence electrons. The van der Waals surface area contributed by atoms with Crippen LogP contribution in [0.25, 0.3) is 0 Å². The molecule has 0 aliphatic heterocycles. The lowest BCUT2D eigenvalue weighted by molar-refractivity contribution is 0.0674. The summed E-state index contributed by atoms with van der Waals surface area (Å²) >= 11 is 1.80. The monoisotopic (exact) mass is 243 g/mol. The van der Waals surface area contributed by atoms with E-state index < -0.39 is 0 Å². The fourth-order valence-corrected chi connectivity index (χ4v) is 2.59. The summed E-state index contributed by atoms with van der Waals surface area (Å²) in [5.41, 5.74) is 6.68. The van der Waals surface area contributed by atoms with Crippen molar-refractivity contribution in [3.05, 3.63) is 11.8 Å². The van der Waals surface area contributed by atoms with E-state index in [1.54, 1.807) is 11.8 Å². The molecule has 0 saturated carbocycles. The number of aromatic nitrogens is 2. The van der Waals surface area contributed by atoms with Crippen molar-refractivity contribution in [1.29, 1.82) is 0 Å². The van der Waals surface area contributed by atoms with Crippen LogP contribution in [-0.2, 0) is 11.8 Å². The molecule has 16 heavy (non-hydrogen) atoms. The lowest BCUT2D eigenvalue weighted by atomic mass is 10.3. The lowest BCUT2D eigenvalue weighted by Gasteiger charge is -2.13. The van der Waals surface area contributed by atoms with Crippen molar-refractivity contribution in [3.8, 4) is 0 Å². The van der Waals surface area contributed by atoms with Crippen LogP contribution in [0, 0.1) is 6.92 Å². The predicted molar refractivity (Wildman–Crippen MR) is 67.8 cm³/mol. The van der Waals surface area contributed by atoms with Gasteiger partial charge in [-0.25, -0.2) is 0 Å². The number of hydrogen-bond donors (Lipinski definition) is 1. The zero-order chi connectivity index (χ0) is 12.0. The van der Waals surface area contributed by atoms with Gasteiger partial charge in [0.2, 0.25) is 0 Å². The van der Waals surface area contributed by atoms with Gasteiger partial charge in [0.1, 0.15) is 0 Å². The van der Waals surface area contributed by atoms with Gasteiger partial charge in [-0.3, -0.25) is 4.68 Å². The summed E-state index contributed by atoms with van der Waals surface area (Å²) in [6, 6.07) is 2.10. The number of hydrogen-bond acceptors (Lipinski definition) is 4. The third kappa shape index (κ3) is 4.15. The van der Waals surface area contributed by atoms with Gasteiger partial charge in [-0.15, -0.1) is 11.8 Å². The van der Waals surface area contributed by atoms with Gasteiger partial charge in [0.05, 0.1) is 16.8 Å². The van der Waals surface area contributed by atoms with Crippen LogP contribution in [0.5, 0.6) is 0 Å². The van der Waals surface area contributed by atoms with E-state index in [9.17, 15) is 0 Å². The fourth-order valence-electron chi connectivity index (χ4n) is 1.52. The third-order valence-corrected chi connectivity index (χ3v) is 3.43. The van der Waals surface area contributed by atoms with Crippen molar-refractivity contribution in [3.63, 3.8) is 0 Å². The first-order valence-corrected chi connectivity index (χ1v) is 6.61. The number of aryl methyl sites for hydroxylation is 2. The Bertz CT molecular complexity index is 314. The Morgan fingerprint density at radius 3 is 2.88 bits per heavy atom. The summed E-state index contributed by atoms with van der Waals surface area (Å²) in [6.07, 6.45) is 1.17. The van der Waals surface area contributed by atoms with Crippen molar-refractivity contribution < 1.29 is 4.74 Å². The van der Waals surface area contributed by atoms with Gasteiger partial charge in [-0.2, -0.15) is 5.10 Å². The molecule has 0 spiro atoms. The van der Waals surface area contributed by atoms with E-state index >= 15 is 0 Å². The van der Waals surface area contributed by atoms with Gasteiger partial charge in [0.15, 0.2) is 0 Å². The van der Waals surface area contributed by atoms with E-state index in [0.717, 1.165) is 24.5 Å². The molecule has 4 nitrogen and oxygen atoms in total. The number of rotatable bonds is 7. The third-order valence-electron chi connectivity index (χ3n) is 2.31. The van der Waals surface area contributed by atoms with Crippen molar-refractivity contribution in [1.82, 2.24) is 9.78 Å². The summed E-state index contributed by atoms with van der Waals surface area (Å²) in [5, 5.41) is 5.50. The van der Waals surface area contributed by atoms with Gasteiger partial charge in [0, 0.05) is 26.0 Å². The molecule has 1 rings (SSSR count). The molecule has 0 aliphatic rings. The van der Waals surface area contributed by atoms with Crippen LogP contribution in [0.3, 0.4) is 0 Å². The molecular weight excluding hydrogens is 222 g/mol. The highest BCUT2D eigenvalue weighted by Crippen LogP contribution is 2.19. The number of nitrogens with two attached hydrogens (primary N) is 1. The topological polar surface area (TPSA) is 53.1 Å². The minimum atomic E-state index is 0.187. The van der Waals surface area contributed by atoms with Crippen LogP contribution >= 0.6 is 11.8 Å². The van der Waals surface area contributed by atoms with Crippen molar-refractivity contribution in [2.45, 2.75) is 31.4 Å². The molecule has 0 amide bonds. The van der Waals surface area contributed by atoms with E-state index in [-0.39, 0.29) is 6.10 Å². The highest BCUT2D eigenvalue weighted by Gasteiger charge is 2.07. The molecule has 1 unspecified atom stereocenters. The fraction of sp³-hybridized carbons (Fsp3) is 0.727. The molecule has 0 aromatic carbocycles. The van der Waals surface area contributed by atoms with E-state index in [0.29, 0.717) is 6.54 Å². The molecule has 1 aromatic rings. The first-order valence-electron chi connectivity index (χ1n) is 5.62. The molecular formula is C11H21N3OS. The van der Waals surface area contributed by atoms with Crippen molar-refractivity contribution >= 4 is 11.8 Å². The van der Waals surface area contributed by atoms with Crippen LogP contribution in [-0.4, -0.2) is 34.8 Å². The maximum atomic E-state index is 5.62. The number of ether oxygens (including phenoxy) is 1. The molecule has 5 heteroatoms. The lowest BCUT2D eigenvalue weighted by Crippen LogP contribution is -2.24. The minimum absolute atomic E-state index is 0.187. The highest BCUT2D eigenvalue weighted by molar-refractivity contribution is 7.99. The minimum Gasteiger partial charge on any atom is -0.377 e. The number of nitrogens with zero attached hydrogens (tertiary/aromatic N) is 2. The second kappa shape index (κ2) is 6.93. The normalized spacial score (nSPS) is 13.0. The Morgan fingerprint density at radius 2 is 2.38 bits per heavy atom. The summed E-state index contributed by atoms with van der Waals surface area (Å²) < 4.78 is 7.42. The van der Waals surface area contributed by atoms with Gasteiger partial charge in [0.25, 0.3) is 0 Å². The van der Waals surface area contributed by atoms with E-state index in [1.807, 2.05) is 25.6 Å². The van der Waals surface area contributed by atoms with Crippen LogP contribution in [0.15, 0.2) is 11.1 Å². The van der Waals surface area contributed by atoms with Gasteiger partial charge < -0.3 is 10.5 Å². The molecule has 1 aromatic heterocycles. The molecule has 1 heterocycles. The summed E-state index contributed by atoms with van der Waals surface area (Å²) in [4.78, 5) is 0. The van der Waals surface area contributed by atoms with Crippen molar-refractivity contribution in [2.24, 2.45) is 12.8 Å². The van der Waals surface area contributed by atoms with Crippen LogP contribution in [0.4, 0.5) is 0 Å². The van der Waals surface area contributed by atoms with Gasteiger partial charge in [-0.05, 0) is 26.3 Å². The average molecular weight is 243 g/mol. The van der Waals surface area contributed by atoms with E-state index in [1.165, 1.54) is 5.03 Å². The second-order valence-corrected chi connectivity index (χ2v) is 4.81. The zero-order valence-electron chi connectivity index (χ0n) is 10.3. The molecule has 0 fully saturated rings. The average Bonchev–Trinajstić information content (AvgIpc) is 2.56. The summed E-state index contributed by atoms with van der Waals surface area (Å²) in [7, 11) is 1.97. The van der Waals surface area contributed by atoms with E-state index in [2.05, 4.69) is 11.2 Å². The summed E-state index contributed by atoms with van der Waals surface area (Å²) in [5.74, 6) is 1.01. The largest absolute Gasteiger partial charge is 0.377 e. The standard InChI is InChI=1S/C11H21N3OS/c1-4-15-10(8-12)5-6-16-11-7-9(2)13-14(11)3/h7,10H,4-6,8,12H2,1-3H3. The molecule has 1 atom stereocenters. The predicted octanol–water partition coefficient (Wildman–Crippen LogP) is 1.57. The Labute approximate surface area is 102 Å².